The standard InChI is InChI=1S/C20H29FN2O2/c1-4-25-17-12-20(22,19(17,2)3)18(24)23-10-9-15(13-23)11-14-5-7-16(21)8-6-14/h5-8,15,17H,4,9-13,22H2,1-3H3. The molecule has 1 aromatic carbocycles. The van der Waals surface area contributed by atoms with E-state index < -0.39 is 5.54 Å². The van der Waals surface area contributed by atoms with Crippen LogP contribution < -0.4 is 5.73 Å². The Bertz CT molecular complexity index is 631. The Hall–Kier alpha value is -1.46. The monoisotopic (exact) mass is 348 g/mol. The van der Waals surface area contributed by atoms with Gasteiger partial charge in [0.05, 0.1) is 6.10 Å². The zero-order valence-corrected chi connectivity index (χ0v) is 15.4. The highest BCUT2D eigenvalue weighted by Crippen LogP contribution is 2.51. The molecule has 1 aliphatic heterocycles. The average molecular weight is 348 g/mol. The molecule has 0 bridgehead atoms. The summed E-state index contributed by atoms with van der Waals surface area (Å²) in [5.74, 6) is 0.243. The molecule has 5 heteroatoms. The molecule has 138 valence electrons. The second-order valence-electron chi connectivity index (χ2n) is 8.08. The first-order chi connectivity index (χ1) is 11.8. The van der Waals surface area contributed by atoms with Crippen LogP contribution in [0.1, 0.15) is 39.2 Å². The van der Waals surface area contributed by atoms with Gasteiger partial charge in [0.25, 0.3) is 0 Å². The van der Waals surface area contributed by atoms with E-state index in [9.17, 15) is 9.18 Å². The van der Waals surface area contributed by atoms with E-state index in [1.54, 1.807) is 0 Å². The predicted octanol–water partition coefficient (Wildman–Crippen LogP) is 2.75. The van der Waals surface area contributed by atoms with Crippen molar-refractivity contribution in [1.82, 2.24) is 4.90 Å². The van der Waals surface area contributed by atoms with Crippen molar-refractivity contribution in [2.45, 2.75) is 51.7 Å². The van der Waals surface area contributed by atoms with E-state index in [1.807, 2.05) is 37.8 Å². The molecule has 3 atom stereocenters. The maximum atomic E-state index is 13.1. The van der Waals surface area contributed by atoms with Crippen LogP contribution in [0, 0.1) is 17.2 Å². The van der Waals surface area contributed by atoms with Gasteiger partial charge in [-0.1, -0.05) is 26.0 Å². The number of rotatable bonds is 5. The van der Waals surface area contributed by atoms with Crippen LogP contribution in [0.2, 0.25) is 0 Å². The Kier molecular flexibility index (Phi) is 4.91. The number of hydrogen-bond donors (Lipinski definition) is 1. The Balaban J connectivity index is 1.60. The van der Waals surface area contributed by atoms with Gasteiger partial charge >= 0.3 is 0 Å². The van der Waals surface area contributed by atoms with Crippen LogP contribution in [0.15, 0.2) is 24.3 Å². The molecule has 1 saturated heterocycles. The molecule has 0 aromatic heterocycles. The van der Waals surface area contributed by atoms with Crippen molar-refractivity contribution in [3.05, 3.63) is 35.6 Å². The molecule has 1 amide bonds. The lowest BCUT2D eigenvalue weighted by Crippen LogP contribution is -2.75. The van der Waals surface area contributed by atoms with Crippen molar-refractivity contribution in [2.24, 2.45) is 17.1 Å². The van der Waals surface area contributed by atoms with Crippen LogP contribution in [0.4, 0.5) is 4.39 Å². The molecule has 1 aliphatic carbocycles. The maximum Gasteiger partial charge on any atom is 0.243 e. The van der Waals surface area contributed by atoms with Gasteiger partial charge in [0, 0.05) is 31.5 Å². The van der Waals surface area contributed by atoms with Crippen molar-refractivity contribution in [2.75, 3.05) is 19.7 Å². The fourth-order valence-electron chi connectivity index (χ4n) is 4.22. The summed E-state index contributed by atoms with van der Waals surface area (Å²) in [5.41, 5.74) is 6.45. The molecule has 3 rings (SSSR count). The topological polar surface area (TPSA) is 55.6 Å². The van der Waals surface area contributed by atoms with Gasteiger partial charge in [-0.25, -0.2) is 4.39 Å². The molecule has 1 aromatic rings. The number of nitrogens with two attached hydrogens (primary N) is 1. The van der Waals surface area contributed by atoms with Gasteiger partial charge < -0.3 is 15.4 Å². The number of benzene rings is 1. The van der Waals surface area contributed by atoms with Crippen molar-refractivity contribution >= 4 is 5.91 Å². The molecular formula is C20H29FN2O2. The van der Waals surface area contributed by atoms with Gasteiger partial charge in [-0.05, 0) is 43.4 Å². The highest BCUT2D eigenvalue weighted by molar-refractivity contribution is 5.89. The second kappa shape index (κ2) is 6.69. The van der Waals surface area contributed by atoms with E-state index in [2.05, 4.69) is 0 Å². The molecule has 0 radical (unpaired) electrons. The Labute approximate surface area is 149 Å². The van der Waals surface area contributed by atoms with Gasteiger partial charge in [0.15, 0.2) is 0 Å². The Morgan fingerprint density at radius 2 is 2.04 bits per heavy atom. The first-order valence-corrected chi connectivity index (χ1v) is 9.22. The van der Waals surface area contributed by atoms with Crippen LogP contribution in [0.3, 0.4) is 0 Å². The third-order valence-corrected chi connectivity index (χ3v) is 6.22. The molecule has 1 saturated carbocycles. The number of carbonyl (C=O) groups is 1. The van der Waals surface area contributed by atoms with Crippen LogP contribution in [0.5, 0.6) is 0 Å². The first kappa shape index (κ1) is 18.3. The number of halogens is 1. The van der Waals surface area contributed by atoms with Crippen LogP contribution in [0.25, 0.3) is 0 Å². The normalized spacial score (nSPS) is 31.0. The van der Waals surface area contributed by atoms with Crippen molar-refractivity contribution < 1.29 is 13.9 Å². The summed E-state index contributed by atoms with van der Waals surface area (Å²) >= 11 is 0. The SMILES string of the molecule is CCOC1CC(N)(C(=O)N2CCC(Cc3ccc(F)cc3)C2)C1(C)C. The number of amides is 1. The zero-order valence-electron chi connectivity index (χ0n) is 15.4. The first-order valence-electron chi connectivity index (χ1n) is 9.22. The van der Waals surface area contributed by atoms with E-state index in [4.69, 9.17) is 10.5 Å². The number of hydrogen-bond acceptors (Lipinski definition) is 3. The van der Waals surface area contributed by atoms with Crippen LogP contribution in [-0.2, 0) is 16.0 Å². The average Bonchev–Trinajstić information content (AvgIpc) is 3.04. The van der Waals surface area contributed by atoms with E-state index in [0.29, 0.717) is 18.9 Å². The number of nitrogens with zero attached hydrogens (tertiary/aromatic N) is 1. The van der Waals surface area contributed by atoms with Crippen molar-refractivity contribution in [3.63, 3.8) is 0 Å². The summed E-state index contributed by atoms with van der Waals surface area (Å²) in [5, 5.41) is 0. The largest absolute Gasteiger partial charge is 0.378 e. The lowest BCUT2D eigenvalue weighted by atomic mass is 9.54. The molecule has 25 heavy (non-hydrogen) atoms. The second-order valence-corrected chi connectivity index (χ2v) is 8.08. The molecule has 0 spiro atoms. The highest BCUT2D eigenvalue weighted by Gasteiger charge is 2.64. The van der Waals surface area contributed by atoms with Crippen LogP contribution in [-0.4, -0.2) is 42.1 Å². The number of likely N-dealkylation sites (tertiary alicyclic amines) is 1. The molecule has 2 aliphatic rings. The quantitative estimate of drug-likeness (QED) is 0.890. The van der Waals surface area contributed by atoms with E-state index >= 15 is 0 Å². The lowest BCUT2D eigenvalue weighted by Gasteiger charge is -2.58. The van der Waals surface area contributed by atoms with Gasteiger partial charge in [-0.15, -0.1) is 0 Å². The lowest BCUT2D eigenvalue weighted by molar-refractivity contribution is -0.178. The van der Waals surface area contributed by atoms with E-state index in [-0.39, 0.29) is 23.2 Å². The Morgan fingerprint density at radius 1 is 1.36 bits per heavy atom. The van der Waals surface area contributed by atoms with E-state index in [0.717, 1.165) is 31.5 Å². The molecular weight excluding hydrogens is 319 g/mol. The zero-order chi connectivity index (χ0) is 18.2. The predicted molar refractivity (Wildman–Crippen MR) is 95.5 cm³/mol. The Morgan fingerprint density at radius 3 is 2.64 bits per heavy atom. The molecule has 4 nitrogen and oxygen atoms in total. The molecule has 2 fully saturated rings. The molecule has 3 unspecified atom stereocenters. The summed E-state index contributed by atoms with van der Waals surface area (Å²) in [7, 11) is 0. The van der Waals surface area contributed by atoms with Crippen molar-refractivity contribution in [3.8, 4) is 0 Å². The fraction of sp³-hybridized carbons (Fsp3) is 0.650. The smallest absolute Gasteiger partial charge is 0.243 e. The van der Waals surface area contributed by atoms with Crippen molar-refractivity contribution in [1.29, 1.82) is 0 Å². The summed E-state index contributed by atoms with van der Waals surface area (Å²) in [6, 6.07) is 6.64. The minimum Gasteiger partial charge on any atom is -0.378 e. The van der Waals surface area contributed by atoms with Gasteiger partial charge in [0.1, 0.15) is 11.4 Å². The van der Waals surface area contributed by atoms with Gasteiger partial charge in [-0.2, -0.15) is 0 Å². The fourth-order valence-corrected chi connectivity index (χ4v) is 4.22. The number of carbonyl (C=O) groups excluding carboxylic acids is 1. The summed E-state index contributed by atoms with van der Waals surface area (Å²) in [6.07, 6.45) is 2.47. The third-order valence-electron chi connectivity index (χ3n) is 6.22. The summed E-state index contributed by atoms with van der Waals surface area (Å²) in [6.45, 7) is 8.14. The minimum absolute atomic E-state index is 0.0454. The summed E-state index contributed by atoms with van der Waals surface area (Å²) < 4.78 is 18.8. The summed E-state index contributed by atoms with van der Waals surface area (Å²) in [4.78, 5) is 15.0. The highest BCUT2D eigenvalue weighted by atomic mass is 19.1. The van der Waals surface area contributed by atoms with Gasteiger partial charge in [-0.3, -0.25) is 4.79 Å². The van der Waals surface area contributed by atoms with E-state index in [1.165, 1.54) is 12.1 Å². The minimum atomic E-state index is -0.836. The van der Waals surface area contributed by atoms with Crippen LogP contribution >= 0.6 is 0 Å². The third kappa shape index (κ3) is 3.20. The maximum absolute atomic E-state index is 13.1. The number of ether oxygens (including phenoxy) is 1. The molecule has 2 N–H and O–H groups in total. The van der Waals surface area contributed by atoms with Gasteiger partial charge in [0.2, 0.25) is 5.91 Å². The molecule has 1 heterocycles.